The molecule has 1 unspecified atom stereocenters. The number of likely N-dealkylation sites (tertiary alicyclic amines) is 1. The summed E-state index contributed by atoms with van der Waals surface area (Å²) in [7, 11) is 0. The van der Waals surface area contributed by atoms with Gasteiger partial charge in [0.2, 0.25) is 0 Å². The average molecular weight is 176 g/mol. The van der Waals surface area contributed by atoms with Gasteiger partial charge in [-0.3, -0.25) is 0 Å². The van der Waals surface area contributed by atoms with Crippen molar-refractivity contribution < 1.29 is 0 Å². The van der Waals surface area contributed by atoms with Crippen LogP contribution >= 0.6 is 11.6 Å². The van der Waals surface area contributed by atoms with Crippen molar-refractivity contribution in [3.05, 3.63) is 0 Å². The first kappa shape index (κ1) is 9.34. The monoisotopic (exact) mass is 175 g/mol. The van der Waals surface area contributed by atoms with E-state index < -0.39 is 0 Å². The van der Waals surface area contributed by atoms with E-state index in [0.717, 1.165) is 12.5 Å². The standard InChI is InChI=1S/C9H18ClN/c1-8(2)6-11-5-3-4-9(10)7-11/h8-9H,3-7H2,1-2H3. The second-order valence-electron chi connectivity index (χ2n) is 3.89. The number of hydrogen-bond acceptors (Lipinski definition) is 1. The maximum Gasteiger partial charge on any atom is 0.0463 e. The molecular weight excluding hydrogens is 158 g/mol. The predicted octanol–water partition coefficient (Wildman–Crippen LogP) is 2.35. The zero-order chi connectivity index (χ0) is 8.27. The van der Waals surface area contributed by atoms with E-state index >= 15 is 0 Å². The third-order valence-corrected chi connectivity index (χ3v) is 2.43. The lowest BCUT2D eigenvalue weighted by atomic mass is 10.1. The Morgan fingerprint density at radius 1 is 1.55 bits per heavy atom. The normalized spacial score (nSPS) is 27.8. The number of halogens is 1. The second-order valence-corrected chi connectivity index (χ2v) is 4.51. The molecule has 66 valence electrons. The maximum atomic E-state index is 6.05. The van der Waals surface area contributed by atoms with Gasteiger partial charge in [0.1, 0.15) is 0 Å². The van der Waals surface area contributed by atoms with Crippen LogP contribution < -0.4 is 0 Å². The first-order chi connectivity index (χ1) is 5.18. The van der Waals surface area contributed by atoms with E-state index in [1.807, 2.05) is 0 Å². The summed E-state index contributed by atoms with van der Waals surface area (Å²) in [6, 6.07) is 0. The van der Waals surface area contributed by atoms with Crippen LogP contribution in [0.4, 0.5) is 0 Å². The summed E-state index contributed by atoms with van der Waals surface area (Å²) in [5.41, 5.74) is 0. The van der Waals surface area contributed by atoms with Crippen LogP contribution in [0.5, 0.6) is 0 Å². The highest BCUT2D eigenvalue weighted by Gasteiger charge is 2.17. The molecule has 0 aromatic rings. The molecule has 0 radical (unpaired) electrons. The molecule has 1 heterocycles. The molecule has 0 amide bonds. The van der Waals surface area contributed by atoms with Gasteiger partial charge in [0.25, 0.3) is 0 Å². The van der Waals surface area contributed by atoms with E-state index in [0.29, 0.717) is 5.38 Å². The minimum Gasteiger partial charge on any atom is -0.302 e. The van der Waals surface area contributed by atoms with Gasteiger partial charge in [-0.05, 0) is 25.3 Å². The fourth-order valence-electron chi connectivity index (χ4n) is 1.68. The SMILES string of the molecule is CC(C)CN1CCCC(Cl)C1. The van der Waals surface area contributed by atoms with Gasteiger partial charge in [-0.2, -0.15) is 0 Å². The number of hydrogen-bond donors (Lipinski definition) is 0. The lowest BCUT2D eigenvalue weighted by Crippen LogP contribution is -2.38. The van der Waals surface area contributed by atoms with Gasteiger partial charge < -0.3 is 4.90 Å². The van der Waals surface area contributed by atoms with Crippen LogP contribution in [0.1, 0.15) is 26.7 Å². The van der Waals surface area contributed by atoms with Crippen LogP contribution in [-0.4, -0.2) is 29.9 Å². The highest BCUT2D eigenvalue weighted by atomic mass is 35.5. The quantitative estimate of drug-likeness (QED) is 0.583. The van der Waals surface area contributed by atoms with Gasteiger partial charge in [-0.15, -0.1) is 11.6 Å². The molecule has 0 spiro atoms. The van der Waals surface area contributed by atoms with E-state index in [1.165, 1.54) is 25.9 Å². The molecule has 1 saturated heterocycles. The number of piperidine rings is 1. The Labute approximate surface area is 74.7 Å². The zero-order valence-electron chi connectivity index (χ0n) is 7.52. The minimum atomic E-state index is 0.405. The largest absolute Gasteiger partial charge is 0.302 e. The van der Waals surface area contributed by atoms with E-state index in [9.17, 15) is 0 Å². The topological polar surface area (TPSA) is 3.24 Å². The van der Waals surface area contributed by atoms with Crippen molar-refractivity contribution in [3.63, 3.8) is 0 Å². The maximum absolute atomic E-state index is 6.05. The number of rotatable bonds is 2. The van der Waals surface area contributed by atoms with Crippen LogP contribution in [-0.2, 0) is 0 Å². The molecule has 1 aliphatic rings. The van der Waals surface area contributed by atoms with Crippen LogP contribution in [0.3, 0.4) is 0 Å². The van der Waals surface area contributed by atoms with Crippen molar-refractivity contribution in [2.24, 2.45) is 5.92 Å². The molecule has 11 heavy (non-hydrogen) atoms. The molecule has 1 nitrogen and oxygen atoms in total. The van der Waals surface area contributed by atoms with Crippen molar-refractivity contribution >= 4 is 11.6 Å². The third-order valence-electron chi connectivity index (χ3n) is 2.07. The lowest BCUT2D eigenvalue weighted by molar-refractivity contribution is 0.209. The minimum absolute atomic E-state index is 0.405. The Bertz CT molecular complexity index is 112. The molecule has 0 aromatic heterocycles. The molecule has 1 aliphatic heterocycles. The summed E-state index contributed by atoms with van der Waals surface area (Å²) >= 11 is 6.05. The van der Waals surface area contributed by atoms with Crippen LogP contribution in [0.25, 0.3) is 0 Å². The van der Waals surface area contributed by atoms with E-state index in [4.69, 9.17) is 11.6 Å². The molecule has 1 fully saturated rings. The van der Waals surface area contributed by atoms with Crippen LogP contribution in [0.15, 0.2) is 0 Å². The highest BCUT2D eigenvalue weighted by Crippen LogP contribution is 2.15. The summed E-state index contributed by atoms with van der Waals surface area (Å²) < 4.78 is 0. The molecule has 1 atom stereocenters. The van der Waals surface area contributed by atoms with Crippen LogP contribution in [0, 0.1) is 5.92 Å². The van der Waals surface area contributed by atoms with Gasteiger partial charge in [-0.25, -0.2) is 0 Å². The Kier molecular flexibility index (Phi) is 3.67. The Balaban J connectivity index is 2.23. The lowest BCUT2D eigenvalue weighted by Gasteiger charge is -2.30. The first-order valence-electron chi connectivity index (χ1n) is 4.55. The molecule has 0 bridgehead atoms. The van der Waals surface area contributed by atoms with E-state index in [2.05, 4.69) is 18.7 Å². The second kappa shape index (κ2) is 4.32. The molecule has 0 N–H and O–H groups in total. The Hall–Kier alpha value is 0.250. The fraction of sp³-hybridized carbons (Fsp3) is 1.00. The molecule has 2 heteroatoms. The van der Waals surface area contributed by atoms with Crippen molar-refractivity contribution in [1.29, 1.82) is 0 Å². The van der Waals surface area contributed by atoms with Crippen molar-refractivity contribution in [2.45, 2.75) is 32.1 Å². The fourth-order valence-corrected chi connectivity index (χ4v) is 2.03. The predicted molar refractivity (Wildman–Crippen MR) is 50.2 cm³/mol. The smallest absolute Gasteiger partial charge is 0.0463 e. The highest BCUT2D eigenvalue weighted by molar-refractivity contribution is 6.20. The summed E-state index contributed by atoms with van der Waals surface area (Å²) in [6.07, 6.45) is 2.48. The Morgan fingerprint density at radius 3 is 2.82 bits per heavy atom. The van der Waals surface area contributed by atoms with Crippen molar-refractivity contribution in [3.8, 4) is 0 Å². The molecule has 1 rings (SSSR count). The zero-order valence-corrected chi connectivity index (χ0v) is 8.27. The molecule has 0 saturated carbocycles. The van der Waals surface area contributed by atoms with Crippen molar-refractivity contribution in [2.75, 3.05) is 19.6 Å². The van der Waals surface area contributed by atoms with E-state index in [1.54, 1.807) is 0 Å². The molecular formula is C9H18ClN. The first-order valence-corrected chi connectivity index (χ1v) is 4.98. The van der Waals surface area contributed by atoms with Gasteiger partial charge in [0.05, 0.1) is 0 Å². The summed E-state index contributed by atoms with van der Waals surface area (Å²) in [4.78, 5) is 2.48. The van der Waals surface area contributed by atoms with Gasteiger partial charge in [0.15, 0.2) is 0 Å². The number of nitrogens with zero attached hydrogens (tertiary/aromatic N) is 1. The van der Waals surface area contributed by atoms with Gasteiger partial charge in [-0.1, -0.05) is 13.8 Å². The van der Waals surface area contributed by atoms with Gasteiger partial charge in [0, 0.05) is 18.5 Å². The van der Waals surface area contributed by atoms with Crippen molar-refractivity contribution in [1.82, 2.24) is 4.90 Å². The van der Waals surface area contributed by atoms with E-state index in [-0.39, 0.29) is 0 Å². The number of alkyl halides is 1. The van der Waals surface area contributed by atoms with Gasteiger partial charge >= 0.3 is 0 Å². The van der Waals surface area contributed by atoms with Crippen LogP contribution in [0.2, 0.25) is 0 Å². The summed E-state index contributed by atoms with van der Waals surface area (Å²) in [5.74, 6) is 0.775. The Morgan fingerprint density at radius 2 is 2.27 bits per heavy atom. The molecule has 0 aliphatic carbocycles. The summed E-state index contributed by atoms with van der Waals surface area (Å²) in [6.45, 7) is 8.08. The third kappa shape index (κ3) is 3.44. The average Bonchev–Trinajstić information content (AvgIpc) is 1.85. The summed E-state index contributed by atoms with van der Waals surface area (Å²) in [5, 5.41) is 0.405. The molecule has 0 aromatic carbocycles.